The molecule has 1 saturated carbocycles. The number of rotatable bonds is 9. The molecule has 2 heterocycles. The molecule has 5 aromatic rings. The molecule has 1 aliphatic rings. The molecule has 0 spiro atoms. The van der Waals surface area contributed by atoms with Crippen molar-refractivity contribution in [2.75, 3.05) is 6.61 Å². The van der Waals surface area contributed by atoms with Crippen LogP contribution < -0.4 is 5.69 Å². The van der Waals surface area contributed by atoms with E-state index in [1.165, 1.54) is 4.68 Å². The third-order valence-electron chi connectivity index (χ3n) is 7.98. The lowest BCUT2D eigenvalue weighted by molar-refractivity contribution is -0.0284. The van der Waals surface area contributed by atoms with Crippen molar-refractivity contribution in [3.63, 3.8) is 0 Å². The molecule has 0 aliphatic heterocycles. The average molecular weight is 611 g/mol. The highest BCUT2D eigenvalue weighted by Crippen LogP contribution is 2.32. The van der Waals surface area contributed by atoms with Crippen molar-refractivity contribution in [1.82, 2.24) is 29.8 Å². The van der Waals surface area contributed by atoms with E-state index in [0.29, 0.717) is 22.4 Å². The van der Waals surface area contributed by atoms with Crippen LogP contribution in [0.15, 0.2) is 71.5 Å². The van der Waals surface area contributed by atoms with Gasteiger partial charge in [0.15, 0.2) is 12.1 Å². The van der Waals surface area contributed by atoms with Crippen molar-refractivity contribution < 1.29 is 23.8 Å². The molecule has 45 heavy (non-hydrogen) atoms. The van der Waals surface area contributed by atoms with Gasteiger partial charge in [0.25, 0.3) is 0 Å². The molecule has 2 aromatic heterocycles. The monoisotopic (exact) mass is 610 g/mol. The number of imidazole rings is 1. The molecule has 0 amide bonds. The summed E-state index contributed by atoms with van der Waals surface area (Å²) in [4.78, 5) is 40.8. The number of carbonyl (C=O) groups excluding carboxylic acids is 2. The van der Waals surface area contributed by atoms with E-state index in [9.17, 15) is 14.4 Å². The van der Waals surface area contributed by atoms with Gasteiger partial charge in [-0.2, -0.15) is 4.68 Å². The molecule has 1 unspecified atom stereocenters. The van der Waals surface area contributed by atoms with Gasteiger partial charge in [0.2, 0.25) is 0 Å². The minimum Gasteiger partial charge on any atom is -0.462 e. The normalized spacial score (nSPS) is 14.3. The Kier molecular flexibility index (Phi) is 8.72. The zero-order valence-corrected chi connectivity index (χ0v) is 25.1. The van der Waals surface area contributed by atoms with Crippen molar-refractivity contribution in [2.24, 2.45) is 0 Å². The van der Waals surface area contributed by atoms with Crippen LogP contribution in [0.4, 0.5) is 4.79 Å². The smallest absolute Gasteiger partial charge is 0.462 e. The minimum absolute atomic E-state index is 0.121. The maximum atomic E-state index is 12.9. The van der Waals surface area contributed by atoms with Crippen LogP contribution in [-0.2, 0) is 20.8 Å². The van der Waals surface area contributed by atoms with Gasteiger partial charge >= 0.3 is 17.8 Å². The molecule has 1 atom stereocenters. The fourth-order valence-electron chi connectivity index (χ4n) is 5.80. The number of esters is 1. The Balaban J connectivity index is 1.23. The van der Waals surface area contributed by atoms with Gasteiger partial charge in [-0.25, -0.2) is 14.4 Å². The number of hydrogen-bond acceptors (Lipinski definition) is 9. The number of aromatic nitrogens is 6. The van der Waals surface area contributed by atoms with Crippen molar-refractivity contribution in [1.29, 1.82) is 0 Å². The molecule has 0 bridgehead atoms. The Morgan fingerprint density at radius 3 is 2.49 bits per heavy atom. The van der Waals surface area contributed by atoms with Crippen molar-refractivity contribution in [3.05, 3.63) is 88.3 Å². The number of H-pyrrole nitrogens is 1. The highest BCUT2D eigenvalue weighted by molar-refractivity contribution is 6.02. The Hall–Kier alpha value is -5.26. The zero-order valence-electron chi connectivity index (χ0n) is 25.1. The Morgan fingerprint density at radius 1 is 0.978 bits per heavy atom. The fourth-order valence-corrected chi connectivity index (χ4v) is 5.80. The van der Waals surface area contributed by atoms with Crippen LogP contribution in [0.5, 0.6) is 0 Å². The number of para-hydroxylation sites is 1. The first-order valence-corrected chi connectivity index (χ1v) is 15.2. The van der Waals surface area contributed by atoms with E-state index < -0.39 is 18.4 Å². The SMILES string of the molecule is CCOC(=O)c1cccc2[nH]c(=O)n(Cc3ccc(-c4ccccc4-c4nnnn4C(C)OC(=O)OC4CCCCC4)cc3)c12. The molecule has 0 saturated heterocycles. The van der Waals surface area contributed by atoms with Gasteiger partial charge in [-0.3, -0.25) is 4.57 Å². The summed E-state index contributed by atoms with van der Waals surface area (Å²) in [6.45, 7) is 3.92. The van der Waals surface area contributed by atoms with Gasteiger partial charge in [-0.1, -0.05) is 61.0 Å². The number of tetrazole rings is 1. The van der Waals surface area contributed by atoms with Crippen molar-refractivity contribution >= 4 is 23.2 Å². The standard InChI is InChI=1S/C33H34N6O6/c1-3-43-31(40)27-14-9-15-28-29(27)38(32(41)34-28)20-22-16-18-23(19-17-22)25-12-7-8-13-26(25)30-35-36-37-39(30)21(2)44-33(42)45-24-10-5-4-6-11-24/h7-9,12-19,21,24H,3-6,10-11,20H2,1-2H3,(H,34,41). The summed E-state index contributed by atoms with van der Waals surface area (Å²) < 4.78 is 19.3. The third kappa shape index (κ3) is 6.35. The van der Waals surface area contributed by atoms with Crippen molar-refractivity contribution in [3.8, 4) is 22.5 Å². The van der Waals surface area contributed by atoms with Crippen LogP contribution >= 0.6 is 0 Å². The van der Waals surface area contributed by atoms with E-state index in [0.717, 1.165) is 54.4 Å². The van der Waals surface area contributed by atoms with E-state index >= 15 is 0 Å². The molecule has 1 aliphatic carbocycles. The van der Waals surface area contributed by atoms with E-state index in [1.54, 1.807) is 36.6 Å². The Labute approximate surface area is 258 Å². The number of hydrogen-bond donors (Lipinski definition) is 1. The Bertz CT molecular complexity index is 1870. The number of carbonyl (C=O) groups is 2. The maximum absolute atomic E-state index is 12.9. The van der Waals surface area contributed by atoms with Gasteiger partial charge < -0.3 is 19.2 Å². The lowest BCUT2D eigenvalue weighted by Crippen LogP contribution is -2.24. The molecule has 12 heteroatoms. The summed E-state index contributed by atoms with van der Waals surface area (Å²) >= 11 is 0. The zero-order chi connectivity index (χ0) is 31.3. The lowest BCUT2D eigenvalue weighted by atomic mass is 9.98. The fraction of sp³-hybridized carbons (Fsp3) is 0.333. The topological polar surface area (TPSA) is 143 Å². The van der Waals surface area contributed by atoms with E-state index in [-0.39, 0.29) is 24.9 Å². The van der Waals surface area contributed by atoms with Crippen LogP contribution in [0.1, 0.15) is 68.1 Å². The summed E-state index contributed by atoms with van der Waals surface area (Å²) in [6.07, 6.45) is 3.28. The second-order valence-corrected chi connectivity index (χ2v) is 11.0. The summed E-state index contributed by atoms with van der Waals surface area (Å²) in [5, 5.41) is 12.2. The Morgan fingerprint density at radius 2 is 1.73 bits per heavy atom. The predicted octanol–water partition coefficient (Wildman–Crippen LogP) is 5.88. The van der Waals surface area contributed by atoms with Gasteiger partial charge in [0.1, 0.15) is 6.10 Å². The molecule has 0 radical (unpaired) electrons. The van der Waals surface area contributed by atoms with Crippen molar-refractivity contribution in [2.45, 2.75) is 64.8 Å². The maximum Gasteiger partial charge on any atom is 0.510 e. The van der Waals surface area contributed by atoms with Crippen LogP contribution in [0.25, 0.3) is 33.5 Å². The molecule has 1 N–H and O–H groups in total. The summed E-state index contributed by atoms with van der Waals surface area (Å²) in [5.74, 6) is -0.0459. The molecular formula is C33H34N6O6. The van der Waals surface area contributed by atoms with Crippen LogP contribution in [-0.4, -0.2) is 54.6 Å². The second-order valence-electron chi connectivity index (χ2n) is 11.0. The lowest BCUT2D eigenvalue weighted by Gasteiger charge is -2.22. The van der Waals surface area contributed by atoms with Crippen LogP contribution in [0, 0.1) is 0 Å². The molecule has 3 aromatic carbocycles. The number of nitrogens with zero attached hydrogens (tertiary/aromatic N) is 5. The number of aromatic amines is 1. The first-order chi connectivity index (χ1) is 21.9. The van der Waals surface area contributed by atoms with Crippen LogP contribution in [0.2, 0.25) is 0 Å². The second kappa shape index (κ2) is 13.2. The molecule has 6 rings (SSSR count). The van der Waals surface area contributed by atoms with Gasteiger partial charge in [-0.05, 0) is 78.8 Å². The molecule has 12 nitrogen and oxygen atoms in total. The summed E-state index contributed by atoms with van der Waals surface area (Å²) in [7, 11) is 0. The predicted molar refractivity (Wildman–Crippen MR) is 165 cm³/mol. The van der Waals surface area contributed by atoms with E-state index in [4.69, 9.17) is 14.2 Å². The highest BCUT2D eigenvalue weighted by Gasteiger charge is 2.24. The largest absolute Gasteiger partial charge is 0.510 e. The van der Waals surface area contributed by atoms with E-state index in [1.807, 2.05) is 48.5 Å². The highest BCUT2D eigenvalue weighted by atomic mass is 16.7. The minimum atomic E-state index is -0.796. The number of benzene rings is 3. The molecular weight excluding hydrogens is 576 g/mol. The van der Waals surface area contributed by atoms with Gasteiger partial charge in [0, 0.05) is 5.56 Å². The van der Waals surface area contributed by atoms with Crippen LogP contribution in [0.3, 0.4) is 0 Å². The number of nitrogens with one attached hydrogen (secondary N) is 1. The van der Waals surface area contributed by atoms with E-state index in [2.05, 4.69) is 20.5 Å². The third-order valence-corrected chi connectivity index (χ3v) is 7.98. The first kappa shape index (κ1) is 29.8. The molecule has 1 fully saturated rings. The average Bonchev–Trinajstić information content (AvgIpc) is 3.67. The van der Waals surface area contributed by atoms with Gasteiger partial charge in [-0.15, -0.1) is 5.10 Å². The summed E-state index contributed by atoms with van der Waals surface area (Å²) in [6, 6.07) is 20.6. The summed E-state index contributed by atoms with van der Waals surface area (Å²) in [5.41, 5.74) is 4.45. The number of fused-ring (bicyclic) bond motifs is 1. The molecule has 232 valence electrons. The number of ether oxygens (including phenoxy) is 3. The van der Waals surface area contributed by atoms with Gasteiger partial charge in [0.05, 0.1) is 29.7 Å². The first-order valence-electron chi connectivity index (χ1n) is 15.2. The quantitative estimate of drug-likeness (QED) is 0.202.